The predicted molar refractivity (Wildman–Crippen MR) is 64.9 cm³/mol. The van der Waals surface area contributed by atoms with E-state index in [-0.39, 0.29) is 0 Å². The molecule has 0 fully saturated rings. The largest absolute Gasteiger partial charge is 0.382 e. The Bertz CT molecular complexity index is 493. The highest BCUT2D eigenvalue weighted by Crippen LogP contribution is 2.32. The lowest BCUT2D eigenvalue weighted by molar-refractivity contribution is 0.510. The second kappa shape index (κ2) is 3.83. The molecule has 16 heavy (non-hydrogen) atoms. The van der Waals surface area contributed by atoms with Gasteiger partial charge in [0, 0.05) is 18.9 Å². The molecule has 1 unspecified atom stereocenters. The Morgan fingerprint density at radius 2 is 2.38 bits per heavy atom. The predicted octanol–water partition coefficient (Wildman–Crippen LogP) is 2.75. The standard InChI is InChI=1S/C12H12ClN3/c13-11-3-1-2-9-6-10(7-15-12(9)11)16-5-4-14-8-16/h1-5,8,10,15H,6-7H2. The van der Waals surface area contributed by atoms with E-state index in [9.17, 15) is 0 Å². The summed E-state index contributed by atoms with van der Waals surface area (Å²) in [5, 5.41) is 4.20. The zero-order valence-corrected chi connectivity index (χ0v) is 9.48. The Kier molecular flexibility index (Phi) is 2.33. The van der Waals surface area contributed by atoms with Crippen molar-refractivity contribution in [3.05, 3.63) is 47.5 Å². The maximum absolute atomic E-state index is 6.13. The van der Waals surface area contributed by atoms with Crippen LogP contribution < -0.4 is 5.32 Å². The van der Waals surface area contributed by atoms with Crippen molar-refractivity contribution < 1.29 is 0 Å². The minimum absolute atomic E-state index is 0.425. The molecule has 0 aliphatic carbocycles. The normalized spacial score (nSPS) is 18.9. The number of anilines is 1. The summed E-state index contributed by atoms with van der Waals surface area (Å²) in [6.45, 7) is 0.896. The van der Waals surface area contributed by atoms with Crippen molar-refractivity contribution in [1.29, 1.82) is 0 Å². The van der Waals surface area contributed by atoms with E-state index in [0.717, 1.165) is 23.7 Å². The molecule has 2 heterocycles. The first-order valence-electron chi connectivity index (χ1n) is 5.33. The first-order chi connectivity index (χ1) is 7.84. The van der Waals surface area contributed by atoms with Gasteiger partial charge in [-0.05, 0) is 18.1 Å². The molecule has 0 amide bonds. The van der Waals surface area contributed by atoms with Crippen LogP contribution in [-0.4, -0.2) is 16.1 Å². The molecule has 4 heteroatoms. The van der Waals surface area contributed by atoms with E-state index in [1.165, 1.54) is 5.56 Å². The quantitative estimate of drug-likeness (QED) is 0.821. The van der Waals surface area contributed by atoms with Gasteiger partial charge in [-0.1, -0.05) is 23.7 Å². The van der Waals surface area contributed by atoms with Gasteiger partial charge in [0.2, 0.25) is 0 Å². The number of rotatable bonds is 1. The van der Waals surface area contributed by atoms with Gasteiger partial charge in [0.1, 0.15) is 0 Å². The summed E-state index contributed by atoms with van der Waals surface area (Å²) in [6, 6.07) is 6.47. The number of halogens is 1. The molecule has 0 radical (unpaired) electrons. The van der Waals surface area contributed by atoms with Crippen LogP contribution in [-0.2, 0) is 6.42 Å². The molecule has 1 N–H and O–H groups in total. The summed E-state index contributed by atoms with van der Waals surface area (Å²) in [5.41, 5.74) is 2.36. The van der Waals surface area contributed by atoms with Crippen LogP contribution in [0.5, 0.6) is 0 Å². The molecule has 0 saturated heterocycles. The van der Waals surface area contributed by atoms with Crippen LogP contribution in [0.3, 0.4) is 0 Å². The zero-order valence-electron chi connectivity index (χ0n) is 8.73. The number of hydrogen-bond acceptors (Lipinski definition) is 2. The Hall–Kier alpha value is -1.48. The van der Waals surface area contributed by atoms with E-state index in [1.54, 1.807) is 0 Å². The van der Waals surface area contributed by atoms with Gasteiger partial charge in [-0.3, -0.25) is 0 Å². The molecule has 3 rings (SSSR count). The summed E-state index contributed by atoms with van der Waals surface area (Å²) in [7, 11) is 0. The molecule has 2 aromatic rings. The number of nitrogens with one attached hydrogen (secondary N) is 1. The van der Waals surface area contributed by atoms with Gasteiger partial charge in [0.25, 0.3) is 0 Å². The van der Waals surface area contributed by atoms with Crippen molar-refractivity contribution in [3.63, 3.8) is 0 Å². The van der Waals surface area contributed by atoms with E-state index in [4.69, 9.17) is 11.6 Å². The van der Waals surface area contributed by atoms with Crippen molar-refractivity contribution in [2.24, 2.45) is 0 Å². The average Bonchev–Trinajstić information content (AvgIpc) is 2.82. The lowest BCUT2D eigenvalue weighted by Crippen LogP contribution is -2.25. The number of para-hydroxylation sites is 1. The van der Waals surface area contributed by atoms with E-state index in [0.29, 0.717) is 6.04 Å². The fraction of sp³-hybridized carbons (Fsp3) is 0.250. The minimum Gasteiger partial charge on any atom is -0.382 e. The van der Waals surface area contributed by atoms with Crippen LogP contribution >= 0.6 is 11.6 Å². The second-order valence-electron chi connectivity index (χ2n) is 4.02. The first kappa shape index (κ1) is 9.73. The maximum atomic E-state index is 6.13. The summed E-state index contributed by atoms with van der Waals surface area (Å²) in [5.74, 6) is 0. The van der Waals surface area contributed by atoms with Gasteiger partial charge < -0.3 is 9.88 Å². The van der Waals surface area contributed by atoms with Gasteiger partial charge >= 0.3 is 0 Å². The molecule has 3 nitrogen and oxygen atoms in total. The van der Waals surface area contributed by atoms with Crippen LogP contribution in [0.1, 0.15) is 11.6 Å². The van der Waals surface area contributed by atoms with Gasteiger partial charge in [-0.2, -0.15) is 0 Å². The van der Waals surface area contributed by atoms with Crippen LogP contribution in [0, 0.1) is 0 Å². The fourth-order valence-electron chi connectivity index (χ4n) is 2.18. The number of aromatic nitrogens is 2. The van der Waals surface area contributed by atoms with Gasteiger partial charge in [-0.15, -0.1) is 0 Å². The fourth-order valence-corrected chi connectivity index (χ4v) is 2.44. The monoisotopic (exact) mass is 233 g/mol. The molecule has 82 valence electrons. The van der Waals surface area contributed by atoms with Crippen molar-refractivity contribution in [1.82, 2.24) is 9.55 Å². The molecule has 1 aromatic heterocycles. The van der Waals surface area contributed by atoms with Crippen LogP contribution in [0.2, 0.25) is 5.02 Å². The summed E-state index contributed by atoms with van der Waals surface area (Å²) in [6.07, 6.45) is 6.68. The third kappa shape index (κ3) is 1.57. The van der Waals surface area contributed by atoms with Crippen molar-refractivity contribution in [3.8, 4) is 0 Å². The van der Waals surface area contributed by atoms with Gasteiger partial charge in [0.15, 0.2) is 0 Å². The highest BCUT2D eigenvalue weighted by molar-refractivity contribution is 6.33. The number of hydrogen-bond donors (Lipinski definition) is 1. The molecule has 0 bridgehead atoms. The first-order valence-corrected chi connectivity index (χ1v) is 5.71. The third-order valence-corrected chi connectivity index (χ3v) is 3.33. The van der Waals surface area contributed by atoms with E-state index >= 15 is 0 Å². The van der Waals surface area contributed by atoms with Crippen LogP contribution in [0.15, 0.2) is 36.9 Å². The summed E-state index contributed by atoms with van der Waals surface area (Å²) >= 11 is 6.13. The van der Waals surface area contributed by atoms with Crippen LogP contribution in [0.25, 0.3) is 0 Å². The molecule has 1 atom stereocenters. The molecule has 0 saturated carbocycles. The van der Waals surface area contributed by atoms with Gasteiger partial charge in [0.05, 0.1) is 23.1 Å². The SMILES string of the molecule is Clc1cccc2c1NCC(n1ccnc1)C2. The minimum atomic E-state index is 0.425. The summed E-state index contributed by atoms with van der Waals surface area (Å²) < 4.78 is 2.14. The Morgan fingerprint density at radius 3 is 3.19 bits per heavy atom. The molecule has 1 aliphatic heterocycles. The number of fused-ring (bicyclic) bond motifs is 1. The highest BCUT2D eigenvalue weighted by atomic mass is 35.5. The lowest BCUT2D eigenvalue weighted by Gasteiger charge is -2.27. The average molecular weight is 234 g/mol. The maximum Gasteiger partial charge on any atom is 0.0949 e. The molecular weight excluding hydrogens is 222 g/mol. The van der Waals surface area contributed by atoms with E-state index in [2.05, 4.69) is 20.9 Å². The Labute approximate surface area is 99.1 Å². The topological polar surface area (TPSA) is 29.9 Å². The van der Waals surface area contributed by atoms with Crippen molar-refractivity contribution in [2.75, 3.05) is 11.9 Å². The molecule has 0 spiro atoms. The van der Waals surface area contributed by atoms with Crippen LogP contribution in [0.4, 0.5) is 5.69 Å². The molecule has 1 aliphatic rings. The van der Waals surface area contributed by atoms with E-state index < -0.39 is 0 Å². The summed E-state index contributed by atoms with van der Waals surface area (Å²) in [4.78, 5) is 4.08. The highest BCUT2D eigenvalue weighted by Gasteiger charge is 2.20. The molecular formula is C12H12ClN3. The van der Waals surface area contributed by atoms with Gasteiger partial charge in [-0.25, -0.2) is 4.98 Å². The number of nitrogens with zero attached hydrogens (tertiary/aromatic N) is 2. The second-order valence-corrected chi connectivity index (χ2v) is 4.43. The van der Waals surface area contributed by atoms with Crippen molar-refractivity contribution in [2.45, 2.75) is 12.5 Å². The number of benzene rings is 1. The smallest absolute Gasteiger partial charge is 0.0949 e. The third-order valence-electron chi connectivity index (χ3n) is 3.02. The van der Waals surface area contributed by atoms with E-state index in [1.807, 2.05) is 30.9 Å². The number of imidazole rings is 1. The Morgan fingerprint density at radius 1 is 1.44 bits per heavy atom. The zero-order chi connectivity index (χ0) is 11.0. The lowest BCUT2D eigenvalue weighted by atomic mass is 9.99. The molecule has 1 aromatic carbocycles. The Balaban J connectivity index is 1.92. The van der Waals surface area contributed by atoms with Crippen molar-refractivity contribution >= 4 is 17.3 Å².